The predicted molar refractivity (Wildman–Crippen MR) is 50.6 cm³/mol. The van der Waals surface area contributed by atoms with E-state index in [0.29, 0.717) is 0 Å². The molecule has 1 aromatic carbocycles. The summed E-state index contributed by atoms with van der Waals surface area (Å²) in [7, 11) is 0. The first-order chi connectivity index (χ1) is 6.66. The molecule has 0 atom stereocenters. The fourth-order valence-corrected chi connectivity index (χ4v) is 1.08. The number of rotatable bonds is 2. The van der Waals surface area contributed by atoms with E-state index in [1.807, 2.05) is 6.07 Å². The standard InChI is InChI=1S/C10H6ClF2N/c11-9-8(12)5-4-7(10(9)13)3-1-2-6-14/h1,3-5H,2H2. The van der Waals surface area contributed by atoms with Crippen LogP contribution in [0.1, 0.15) is 12.0 Å². The second-order valence-electron chi connectivity index (χ2n) is 2.53. The van der Waals surface area contributed by atoms with E-state index in [1.54, 1.807) is 0 Å². The lowest BCUT2D eigenvalue weighted by atomic mass is 10.2. The third-order valence-electron chi connectivity index (χ3n) is 1.57. The van der Waals surface area contributed by atoms with Gasteiger partial charge in [0.05, 0.1) is 12.5 Å². The minimum Gasteiger partial charge on any atom is -0.205 e. The van der Waals surface area contributed by atoms with Crippen molar-refractivity contribution in [2.24, 2.45) is 0 Å². The van der Waals surface area contributed by atoms with Gasteiger partial charge in [-0.2, -0.15) is 5.26 Å². The first-order valence-corrected chi connectivity index (χ1v) is 4.21. The van der Waals surface area contributed by atoms with E-state index in [1.165, 1.54) is 18.2 Å². The van der Waals surface area contributed by atoms with Crippen LogP contribution in [0.5, 0.6) is 0 Å². The summed E-state index contributed by atoms with van der Waals surface area (Å²) in [6.45, 7) is 0. The Morgan fingerprint density at radius 2 is 2.14 bits per heavy atom. The molecule has 1 nitrogen and oxygen atoms in total. The van der Waals surface area contributed by atoms with Crippen LogP contribution in [0.15, 0.2) is 18.2 Å². The Labute approximate surface area is 85.2 Å². The quantitative estimate of drug-likeness (QED) is 0.690. The van der Waals surface area contributed by atoms with E-state index in [-0.39, 0.29) is 12.0 Å². The Balaban J connectivity index is 3.01. The highest BCUT2D eigenvalue weighted by atomic mass is 35.5. The first kappa shape index (κ1) is 10.7. The van der Waals surface area contributed by atoms with Crippen LogP contribution in [0.25, 0.3) is 6.08 Å². The first-order valence-electron chi connectivity index (χ1n) is 3.84. The zero-order chi connectivity index (χ0) is 10.6. The summed E-state index contributed by atoms with van der Waals surface area (Å²) < 4.78 is 25.9. The zero-order valence-corrected chi connectivity index (χ0v) is 7.85. The Bertz CT molecular complexity index is 407. The van der Waals surface area contributed by atoms with Crippen LogP contribution in [0.2, 0.25) is 5.02 Å². The van der Waals surface area contributed by atoms with Gasteiger partial charge < -0.3 is 0 Å². The fraction of sp³-hybridized carbons (Fsp3) is 0.100. The lowest BCUT2D eigenvalue weighted by Gasteiger charge is -1.99. The van der Waals surface area contributed by atoms with E-state index in [9.17, 15) is 8.78 Å². The minimum atomic E-state index is -0.805. The van der Waals surface area contributed by atoms with Crippen molar-refractivity contribution in [3.8, 4) is 6.07 Å². The van der Waals surface area contributed by atoms with Crippen molar-refractivity contribution in [1.82, 2.24) is 0 Å². The molecule has 1 rings (SSSR count). The van der Waals surface area contributed by atoms with Crippen molar-refractivity contribution >= 4 is 17.7 Å². The van der Waals surface area contributed by atoms with Crippen LogP contribution in [0, 0.1) is 23.0 Å². The van der Waals surface area contributed by atoms with Gasteiger partial charge >= 0.3 is 0 Å². The van der Waals surface area contributed by atoms with Gasteiger partial charge in [-0.3, -0.25) is 0 Å². The number of allylic oxidation sites excluding steroid dienone is 1. The smallest absolute Gasteiger partial charge is 0.151 e. The van der Waals surface area contributed by atoms with Crippen LogP contribution in [-0.4, -0.2) is 0 Å². The van der Waals surface area contributed by atoms with E-state index < -0.39 is 16.7 Å². The summed E-state index contributed by atoms with van der Waals surface area (Å²) in [4.78, 5) is 0. The molecule has 0 radical (unpaired) electrons. The molecule has 0 saturated heterocycles. The van der Waals surface area contributed by atoms with Crippen LogP contribution in [-0.2, 0) is 0 Å². The van der Waals surface area contributed by atoms with Gasteiger partial charge in [-0.25, -0.2) is 8.78 Å². The second kappa shape index (κ2) is 4.73. The largest absolute Gasteiger partial charge is 0.205 e. The molecule has 0 spiro atoms. The number of benzene rings is 1. The molecule has 72 valence electrons. The Kier molecular flexibility index (Phi) is 3.61. The second-order valence-corrected chi connectivity index (χ2v) is 2.91. The molecule has 1 aromatic rings. The van der Waals surface area contributed by atoms with E-state index >= 15 is 0 Å². The Hall–Kier alpha value is -1.40. The van der Waals surface area contributed by atoms with E-state index in [2.05, 4.69) is 0 Å². The van der Waals surface area contributed by atoms with Gasteiger partial charge in [-0.1, -0.05) is 23.8 Å². The average molecular weight is 214 g/mol. The summed E-state index contributed by atoms with van der Waals surface area (Å²) in [5.41, 5.74) is 0.173. The third kappa shape index (κ3) is 2.30. The summed E-state index contributed by atoms with van der Waals surface area (Å²) >= 11 is 5.35. The molecule has 0 heterocycles. The lowest BCUT2D eigenvalue weighted by Crippen LogP contribution is -1.87. The highest BCUT2D eigenvalue weighted by molar-refractivity contribution is 6.31. The van der Waals surface area contributed by atoms with Crippen LogP contribution in [0.3, 0.4) is 0 Å². The van der Waals surface area contributed by atoms with E-state index in [4.69, 9.17) is 16.9 Å². The van der Waals surface area contributed by atoms with Gasteiger partial charge in [0.2, 0.25) is 0 Å². The fourth-order valence-electron chi connectivity index (χ4n) is 0.908. The number of nitriles is 1. The Morgan fingerprint density at radius 3 is 2.79 bits per heavy atom. The normalized spacial score (nSPS) is 10.4. The molecule has 0 bridgehead atoms. The van der Waals surface area contributed by atoms with Crippen LogP contribution in [0.4, 0.5) is 8.78 Å². The summed E-state index contributed by atoms with van der Waals surface area (Å²) in [6, 6.07) is 4.22. The van der Waals surface area contributed by atoms with Gasteiger partial charge in [0.25, 0.3) is 0 Å². The third-order valence-corrected chi connectivity index (χ3v) is 1.92. The van der Waals surface area contributed by atoms with Crippen molar-refractivity contribution in [3.63, 3.8) is 0 Å². The van der Waals surface area contributed by atoms with E-state index in [0.717, 1.165) is 6.07 Å². The highest BCUT2D eigenvalue weighted by Gasteiger charge is 2.08. The zero-order valence-electron chi connectivity index (χ0n) is 7.10. The van der Waals surface area contributed by atoms with Gasteiger partial charge in [0.15, 0.2) is 5.82 Å². The maximum atomic E-state index is 13.2. The molecule has 14 heavy (non-hydrogen) atoms. The molecule has 0 saturated carbocycles. The molecule has 0 unspecified atom stereocenters. The SMILES string of the molecule is N#CCC=Cc1ccc(F)c(Cl)c1F. The molecule has 0 fully saturated rings. The summed E-state index contributed by atoms with van der Waals surface area (Å²) in [5.74, 6) is -1.59. The summed E-state index contributed by atoms with van der Waals surface area (Å²) in [5, 5.41) is 7.71. The monoisotopic (exact) mass is 213 g/mol. The van der Waals surface area contributed by atoms with Gasteiger partial charge in [-0.15, -0.1) is 0 Å². The minimum absolute atomic E-state index is 0.173. The number of hydrogen-bond acceptors (Lipinski definition) is 1. The van der Waals surface area contributed by atoms with Gasteiger partial charge in [-0.05, 0) is 12.1 Å². The number of nitrogens with zero attached hydrogens (tertiary/aromatic N) is 1. The van der Waals surface area contributed by atoms with Crippen molar-refractivity contribution in [2.45, 2.75) is 6.42 Å². The molecule has 0 aliphatic carbocycles. The van der Waals surface area contributed by atoms with Crippen molar-refractivity contribution < 1.29 is 8.78 Å². The molecule has 0 aromatic heterocycles. The summed E-state index contributed by atoms with van der Waals surface area (Å²) in [6.07, 6.45) is 3.05. The highest BCUT2D eigenvalue weighted by Crippen LogP contribution is 2.22. The number of hydrogen-bond donors (Lipinski definition) is 0. The number of halogens is 3. The van der Waals surface area contributed by atoms with Crippen molar-refractivity contribution in [3.05, 3.63) is 40.4 Å². The topological polar surface area (TPSA) is 23.8 Å². The van der Waals surface area contributed by atoms with Crippen molar-refractivity contribution in [2.75, 3.05) is 0 Å². The maximum absolute atomic E-state index is 13.2. The molecular weight excluding hydrogens is 208 g/mol. The van der Waals surface area contributed by atoms with Crippen LogP contribution < -0.4 is 0 Å². The molecular formula is C10H6ClF2N. The van der Waals surface area contributed by atoms with Crippen LogP contribution >= 0.6 is 11.6 Å². The predicted octanol–water partition coefficient (Wildman–Crippen LogP) is 3.55. The molecule has 0 N–H and O–H groups in total. The lowest BCUT2D eigenvalue weighted by molar-refractivity contribution is 0.582. The van der Waals surface area contributed by atoms with Gasteiger partial charge in [0, 0.05) is 5.56 Å². The molecule has 0 aliphatic heterocycles. The Morgan fingerprint density at radius 1 is 1.43 bits per heavy atom. The molecule has 0 aliphatic rings. The maximum Gasteiger partial charge on any atom is 0.151 e. The molecule has 0 amide bonds. The average Bonchev–Trinajstić information content (AvgIpc) is 2.18. The van der Waals surface area contributed by atoms with Gasteiger partial charge in [0.1, 0.15) is 10.8 Å². The van der Waals surface area contributed by atoms with Crippen molar-refractivity contribution in [1.29, 1.82) is 5.26 Å². The molecule has 4 heteroatoms.